The Hall–Kier alpha value is -4.11. The van der Waals surface area contributed by atoms with Crippen LogP contribution in [0, 0.1) is 6.92 Å². The van der Waals surface area contributed by atoms with Crippen LogP contribution in [0.2, 0.25) is 0 Å². The van der Waals surface area contributed by atoms with Gasteiger partial charge >= 0.3 is 0 Å². The van der Waals surface area contributed by atoms with E-state index in [0.717, 1.165) is 26.9 Å². The van der Waals surface area contributed by atoms with Crippen LogP contribution in [0.3, 0.4) is 0 Å². The number of benzene rings is 2. The number of aryl methyl sites for hydroxylation is 1. The summed E-state index contributed by atoms with van der Waals surface area (Å²) < 4.78 is 22.7. The summed E-state index contributed by atoms with van der Waals surface area (Å²) in [7, 11) is 6.26. The Morgan fingerprint density at radius 3 is 2.33 bits per heavy atom. The number of hydrogen-bond donors (Lipinski definition) is 0. The number of thiazole rings is 1. The van der Waals surface area contributed by atoms with Crippen LogP contribution < -0.4 is 23.8 Å². The maximum absolute atomic E-state index is 13.5. The smallest absolute Gasteiger partial charge is 0.253 e. The van der Waals surface area contributed by atoms with Crippen LogP contribution in [0.5, 0.6) is 23.0 Å². The Balaban J connectivity index is 1.73. The van der Waals surface area contributed by atoms with E-state index in [0.29, 0.717) is 34.7 Å². The Bertz CT molecular complexity index is 1380. The molecule has 1 amide bonds. The number of rotatable bonds is 9. The molecule has 9 heteroatoms. The van der Waals surface area contributed by atoms with Gasteiger partial charge in [-0.05, 0) is 54.0 Å². The van der Waals surface area contributed by atoms with Crippen LogP contribution in [0.4, 0.5) is 5.13 Å². The fraction of sp³-hybridized carbons (Fsp3) is 0.222. The number of ether oxygens (including phenoxy) is 4. The van der Waals surface area contributed by atoms with Crippen LogP contribution in [-0.4, -0.2) is 44.3 Å². The molecule has 0 unspecified atom stereocenters. The number of amides is 1. The highest BCUT2D eigenvalue weighted by molar-refractivity contribution is 7.22. The third-order valence-electron chi connectivity index (χ3n) is 5.58. The van der Waals surface area contributed by atoms with E-state index in [1.54, 1.807) is 63.9 Å². The lowest BCUT2D eigenvalue weighted by Gasteiger charge is -2.18. The molecule has 0 aliphatic rings. The predicted octanol–water partition coefficient (Wildman–Crippen LogP) is 5.28. The van der Waals surface area contributed by atoms with Gasteiger partial charge in [0.1, 0.15) is 11.3 Å². The van der Waals surface area contributed by atoms with Crippen molar-refractivity contribution >= 4 is 38.7 Å². The van der Waals surface area contributed by atoms with Crippen molar-refractivity contribution in [2.75, 3.05) is 33.3 Å². The molecule has 0 aliphatic heterocycles. The predicted molar refractivity (Wildman–Crippen MR) is 141 cm³/mol. The molecule has 0 bridgehead atoms. The van der Waals surface area contributed by atoms with E-state index in [1.165, 1.54) is 17.4 Å². The summed E-state index contributed by atoms with van der Waals surface area (Å²) in [5, 5.41) is 0.570. The summed E-state index contributed by atoms with van der Waals surface area (Å²) in [6.45, 7) is 2.33. The zero-order valence-corrected chi connectivity index (χ0v) is 21.6. The van der Waals surface area contributed by atoms with Crippen molar-refractivity contribution in [3.63, 3.8) is 0 Å². The summed E-state index contributed by atoms with van der Waals surface area (Å²) in [4.78, 5) is 24.1. The Morgan fingerprint density at radius 2 is 1.72 bits per heavy atom. The largest absolute Gasteiger partial charge is 0.494 e. The molecule has 8 nitrogen and oxygen atoms in total. The topological polar surface area (TPSA) is 83.0 Å². The van der Waals surface area contributed by atoms with Gasteiger partial charge in [-0.3, -0.25) is 14.7 Å². The molecule has 0 atom stereocenters. The highest BCUT2D eigenvalue weighted by atomic mass is 32.1. The summed E-state index contributed by atoms with van der Waals surface area (Å²) in [6, 6.07) is 11.2. The molecule has 4 rings (SSSR count). The minimum Gasteiger partial charge on any atom is -0.494 e. The van der Waals surface area contributed by atoms with Crippen LogP contribution >= 0.6 is 11.3 Å². The van der Waals surface area contributed by atoms with E-state index in [-0.39, 0.29) is 5.91 Å². The standard InChI is InChI=1S/C27H27N3O5S/c1-17-8-10-20(32-2)24-26(17)36-27(29-24)30(16-19-7-6-12-28-15-19)23(31)11-9-18-13-21(33-3)25(35-5)22(14-18)34-4/h6-15H,16H2,1-5H3/b11-9+. The molecule has 4 aromatic rings. The summed E-state index contributed by atoms with van der Waals surface area (Å²) in [5.41, 5.74) is 3.40. The Morgan fingerprint density at radius 1 is 1.00 bits per heavy atom. The van der Waals surface area contributed by atoms with Crippen LogP contribution in [0.15, 0.2) is 54.9 Å². The van der Waals surface area contributed by atoms with Crippen molar-refractivity contribution in [2.24, 2.45) is 0 Å². The lowest BCUT2D eigenvalue weighted by atomic mass is 10.1. The van der Waals surface area contributed by atoms with E-state index in [4.69, 9.17) is 23.9 Å². The highest BCUT2D eigenvalue weighted by Gasteiger charge is 2.21. The molecule has 0 spiro atoms. The van der Waals surface area contributed by atoms with Gasteiger partial charge in [0.2, 0.25) is 5.75 Å². The van der Waals surface area contributed by atoms with Crippen molar-refractivity contribution < 1.29 is 23.7 Å². The average molecular weight is 506 g/mol. The van der Waals surface area contributed by atoms with Gasteiger partial charge in [0, 0.05) is 18.5 Å². The first kappa shape index (κ1) is 25.0. The van der Waals surface area contributed by atoms with Crippen molar-refractivity contribution in [2.45, 2.75) is 13.5 Å². The minimum absolute atomic E-state index is 0.233. The zero-order chi connectivity index (χ0) is 25.7. The zero-order valence-electron chi connectivity index (χ0n) is 20.8. The third kappa shape index (κ3) is 5.11. The number of aromatic nitrogens is 2. The second-order valence-electron chi connectivity index (χ2n) is 7.84. The van der Waals surface area contributed by atoms with Gasteiger partial charge < -0.3 is 18.9 Å². The number of methoxy groups -OCH3 is 4. The summed E-state index contributed by atoms with van der Waals surface area (Å²) >= 11 is 1.45. The molecule has 36 heavy (non-hydrogen) atoms. The Labute approximate surface area is 213 Å². The highest BCUT2D eigenvalue weighted by Crippen LogP contribution is 2.39. The number of hydrogen-bond acceptors (Lipinski definition) is 8. The molecule has 0 saturated heterocycles. The van der Waals surface area contributed by atoms with E-state index < -0.39 is 0 Å². The van der Waals surface area contributed by atoms with E-state index >= 15 is 0 Å². The van der Waals surface area contributed by atoms with Crippen molar-refractivity contribution in [3.05, 3.63) is 71.6 Å². The van der Waals surface area contributed by atoms with E-state index in [2.05, 4.69) is 4.98 Å². The van der Waals surface area contributed by atoms with Crippen molar-refractivity contribution in [1.29, 1.82) is 0 Å². The van der Waals surface area contributed by atoms with Gasteiger partial charge in [0.05, 0.1) is 39.7 Å². The fourth-order valence-electron chi connectivity index (χ4n) is 3.75. The first-order chi connectivity index (χ1) is 17.5. The summed E-state index contributed by atoms with van der Waals surface area (Å²) in [5.74, 6) is 1.93. The molecular formula is C27H27N3O5S. The van der Waals surface area contributed by atoms with Crippen molar-refractivity contribution in [3.8, 4) is 23.0 Å². The molecule has 2 aromatic carbocycles. The van der Waals surface area contributed by atoms with Crippen LogP contribution in [0.1, 0.15) is 16.7 Å². The molecule has 186 valence electrons. The second-order valence-corrected chi connectivity index (χ2v) is 8.81. The normalized spacial score (nSPS) is 11.0. The molecule has 2 aromatic heterocycles. The van der Waals surface area contributed by atoms with Gasteiger partial charge in [0.25, 0.3) is 5.91 Å². The van der Waals surface area contributed by atoms with Gasteiger partial charge in [0.15, 0.2) is 16.6 Å². The molecular weight excluding hydrogens is 478 g/mol. The molecule has 0 radical (unpaired) electrons. The third-order valence-corrected chi connectivity index (χ3v) is 6.79. The second kappa shape index (κ2) is 11.1. The molecule has 0 N–H and O–H groups in total. The van der Waals surface area contributed by atoms with Crippen LogP contribution in [-0.2, 0) is 11.3 Å². The number of nitrogens with zero attached hydrogens (tertiary/aromatic N) is 3. The minimum atomic E-state index is -0.233. The summed E-state index contributed by atoms with van der Waals surface area (Å²) in [6.07, 6.45) is 6.66. The molecule has 2 heterocycles. The average Bonchev–Trinajstić information content (AvgIpc) is 3.36. The first-order valence-corrected chi connectivity index (χ1v) is 11.9. The number of fused-ring (bicyclic) bond motifs is 1. The Kier molecular flexibility index (Phi) is 7.70. The molecule has 0 aliphatic carbocycles. The number of anilines is 1. The van der Waals surface area contributed by atoms with Crippen molar-refractivity contribution in [1.82, 2.24) is 9.97 Å². The lowest BCUT2D eigenvalue weighted by molar-refractivity contribution is -0.114. The number of carbonyl (C=O) groups excluding carboxylic acids is 1. The van der Waals surface area contributed by atoms with Gasteiger partial charge in [-0.1, -0.05) is 23.5 Å². The SMILES string of the molecule is COc1cc(/C=C/C(=O)N(Cc2cccnc2)c2nc3c(OC)ccc(C)c3s2)cc(OC)c1OC. The molecule has 0 fully saturated rings. The lowest BCUT2D eigenvalue weighted by Crippen LogP contribution is -2.28. The van der Waals surface area contributed by atoms with Gasteiger partial charge in [-0.2, -0.15) is 0 Å². The van der Waals surface area contributed by atoms with Gasteiger partial charge in [-0.15, -0.1) is 0 Å². The van der Waals surface area contributed by atoms with Crippen LogP contribution in [0.25, 0.3) is 16.3 Å². The van der Waals surface area contributed by atoms with Gasteiger partial charge in [-0.25, -0.2) is 4.98 Å². The van der Waals surface area contributed by atoms with E-state index in [1.807, 2.05) is 31.2 Å². The van der Waals surface area contributed by atoms with E-state index in [9.17, 15) is 4.79 Å². The maximum atomic E-state index is 13.5. The first-order valence-electron chi connectivity index (χ1n) is 11.1. The number of carbonyl (C=O) groups is 1. The molecule has 0 saturated carbocycles. The maximum Gasteiger partial charge on any atom is 0.253 e. The number of pyridine rings is 1. The fourth-order valence-corrected chi connectivity index (χ4v) is 4.80. The quantitative estimate of drug-likeness (QED) is 0.286. The monoisotopic (exact) mass is 505 g/mol.